The van der Waals surface area contributed by atoms with Gasteiger partial charge in [-0.25, -0.2) is 0 Å². The first-order valence-corrected chi connectivity index (χ1v) is 10.2. The number of piperidine rings is 1. The second-order valence-corrected chi connectivity index (χ2v) is 10.1. The fraction of sp³-hybridized carbons (Fsp3) is 0.409. The highest BCUT2D eigenvalue weighted by Gasteiger charge is 2.40. The first kappa shape index (κ1) is 16.1. The summed E-state index contributed by atoms with van der Waals surface area (Å²) < 4.78 is 0.225. The molecule has 0 saturated carbocycles. The summed E-state index contributed by atoms with van der Waals surface area (Å²) in [6.07, 6.45) is 3.70. The number of benzene rings is 2. The molecular weight excluding hydrogens is 310 g/mol. The molecule has 2 aromatic rings. The standard InChI is InChI=1S/C22H27NS/c1-17-9-10-21-18(15-17)16-22(2,19-7-5-4-6-8-19)24(21)20-11-13-23(3)14-12-20/h4-10,15H,11-14,16H2,1-3H3. The summed E-state index contributed by atoms with van der Waals surface area (Å²) in [6.45, 7) is 7.15. The molecule has 126 valence electrons. The van der Waals surface area contributed by atoms with E-state index in [0.717, 1.165) is 0 Å². The zero-order valence-electron chi connectivity index (χ0n) is 15.0. The summed E-state index contributed by atoms with van der Waals surface area (Å²) in [4.78, 5) is 5.88. The average Bonchev–Trinajstić information content (AvgIpc) is 2.89. The van der Waals surface area contributed by atoms with Gasteiger partial charge < -0.3 is 4.90 Å². The number of nitrogens with zero attached hydrogens (tertiary/aromatic N) is 1. The van der Waals surface area contributed by atoms with Gasteiger partial charge in [0.05, 0.1) is 0 Å². The van der Waals surface area contributed by atoms with Crippen LogP contribution in [-0.2, 0) is 11.2 Å². The molecule has 0 aromatic heterocycles. The van der Waals surface area contributed by atoms with Gasteiger partial charge in [0.2, 0.25) is 0 Å². The molecule has 2 atom stereocenters. The Balaban J connectivity index is 1.90. The lowest BCUT2D eigenvalue weighted by molar-refractivity contribution is 0.338. The van der Waals surface area contributed by atoms with Crippen molar-refractivity contribution >= 4 is 15.3 Å². The van der Waals surface area contributed by atoms with Crippen molar-refractivity contribution in [3.8, 4) is 0 Å². The van der Waals surface area contributed by atoms with E-state index in [4.69, 9.17) is 0 Å². The predicted octanol–water partition coefficient (Wildman–Crippen LogP) is 4.99. The van der Waals surface area contributed by atoms with Crippen LogP contribution >= 0.6 is 10.5 Å². The monoisotopic (exact) mass is 337 g/mol. The molecule has 2 heteroatoms. The van der Waals surface area contributed by atoms with Crippen LogP contribution in [0, 0.1) is 6.92 Å². The third-order valence-corrected chi connectivity index (χ3v) is 8.74. The van der Waals surface area contributed by atoms with E-state index in [1.807, 2.05) is 0 Å². The molecule has 0 radical (unpaired) electrons. The zero-order chi connectivity index (χ0) is 16.7. The Morgan fingerprint density at radius 3 is 2.42 bits per heavy atom. The summed E-state index contributed by atoms with van der Waals surface area (Å²) in [6, 6.07) is 18.4. The van der Waals surface area contributed by atoms with E-state index in [1.54, 1.807) is 15.3 Å². The molecular formula is C22H27NS. The summed E-state index contributed by atoms with van der Waals surface area (Å²) >= 11 is 0. The maximum absolute atomic E-state index is 2.51. The molecule has 2 aromatic carbocycles. The number of rotatable bonds is 1. The summed E-state index contributed by atoms with van der Waals surface area (Å²) in [5.41, 5.74) is 4.48. The van der Waals surface area contributed by atoms with E-state index in [0.29, 0.717) is 0 Å². The first-order valence-electron chi connectivity index (χ1n) is 9.00. The summed E-state index contributed by atoms with van der Waals surface area (Å²) in [5.74, 6) is 0. The quantitative estimate of drug-likeness (QED) is 0.663. The number of hydrogen-bond donors (Lipinski definition) is 0. The van der Waals surface area contributed by atoms with Crippen molar-refractivity contribution in [3.63, 3.8) is 0 Å². The molecule has 2 heterocycles. The summed E-state index contributed by atoms with van der Waals surface area (Å²) in [7, 11) is 2.48. The molecule has 4 rings (SSSR count). The van der Waals surface area contributed by atoms with E-state index in [-0.39, 0.29) is 15.2 Å². The molecule has 2 unspecified atom stereocenters. The first-order chi connectivity index (χ1) is 11.6. The lowest BCUT2D eigenvalue weighted by Crippen LogP contribution is -2.32. The average molecular weight is 338 g/mol. The Hall–Kier alpha value is -1.38. The van der Waals surface area contributed by atoms with Gasteiger partial charge in [-0.05, 0) is 62.2 Å². The lowest BCUT2D eigenvalue weighted by atomic mass is 9.93. The Bertz CT molecular complexity index is 783. The third-order valence-electron chi connectivity index (χ3n) is 5.63. The lowest BCUT2D eigenvalue weighted by Gasteiger charge is -2.34. The Labute approximate surface area is 148 Å². The minimum atomic E-state index is 0.224. The molecule has 0 spiro atoms. The SMILES string of the molecule is Cc1ccc2c(c1)CC(C)(c1ccccc1)S2=C1CCN(C)CC1. The van der Waals surface area contributed by atoms with Crippen molar-refractivity contribution in [1.82, 2.24) is 4.90 Å². The van der Waals surface area contributed by atoms with Gasteiger partial charge in [0.1, 0.15) is 0 Å². The van der Waals surface area contributed by atoms with Crippen molar-refractivity contribution in [1.29, 1.82) is 0 Å². The zero-order valence-corrected chi connectivity index (χ0v) is 15.8. The highest BCUT2D eigenvalue weighted by molar-refractivity contribution is 8.17. The molecule has 24 heavy (non-hydrogen) atoms. The fourth-order valence-electron chi connectivity index (χ4n) is 4.28. The maximum atomic E-state index is 2.51. The largest absolute Gasteiger partial charge is 0.306 e. The Kier molecular flexibility index (Phi) is 4.14. The van der Waals surface area contributed by atoms with E-state index < -0.39 is 0 Å². The topological polar surface area (TPSA) is 3.24 Å². The highest BCUT2D eigenvalue weighted by Crippen LogP contribution is 2.58. The Morgan fingerprint density at radius 1 is 1.00 bits per heavy atom. The van der Waals surface area contributed by atoms with Crippen molar-refractivity contribution in [2.75, 3.05) is 20.1 Å². The van der Waals surface area contributed by atoms with Crippen molar-refractivity contribution in [2.24, 2.45) is 0 Å². The van der Waals surface area contributed by atoms with Gasteiger partial charge in [-0.1, -0.05) is 48.0 Å². The maximum Gasteiger partial charge on any atom is 0.0414 e. The van der Waals surface area contributed by atoms with Crippen LogP contribution in [0.5, 0.6) is 0 Å². The van der Waals surface area contributed by atoms with E-state index in [1.165, 1.54) is 43.5 Å². The van der Waals surface area contributed by atoms with Crippen molar-refractivity contribution < 1.29 is 0 Å². The van der Waals surface area contributed by atoms with Gasteiger partial charge in [-0.2, -0.15) is 0 Å². The molecule has 0 bridgehead atoms. The minimum Gasteiger partial charge on any atom is -0.306 e. The Morgan fingerprint density at radius 2 is 1.71 bits per heavy atom. The fourth-order valence-corrected chi connectivity index (χ4v) is 7.57. The van der Waals surface area contributed by atoms with Crippen LogP contribution in [0.4, 0.5) is 0 Å². The second kappa shape index (κ2) is 6.16. The van der Waals surface area contributed by atoms with E-state index in [9.17, 15) is 0 Å². The van der Waals surface area contributed by atoms with Gasteiger partial charge in [0.15, 0.2) is 0 Å². The van der Waals surface area contributed by atoms with Gasteiger partial charge >= 0.3 is 0 Å². The molecule has 0 aliphatic carbocycles. The number of aryl methyl sites for hydroxylation is 1. The van der Waals surface area contributed by atoms with E-state index >= 15 is 0 Å². The minimum absolute atomic E-state index is 0.224. The number of likely N-dealkylation sites (tertiary alicyclic amines) is 1. The molecule has 2 aliphatic rings. The smallest absolute Gasteiger partial charge is 0.0414 e. The van der Waals surface area contributed by atoms with Gasteiger partial charge in [0, 0.05) is 22.7 Å². The van der Waals surface area contributed by atoms with Crippen LogP contribution in [-0.4, -0.2) is 29.9 Å². The normalized spacial score (nSPS) is 27.3. The second-order valence-electron chi connectivity index (χ2n) is 7.53. The van der Waals surface area contributed by atoms with E-state index in [2.05, 4.69) is 74.3 Å². The molecule has 1 fully saturated rings. The van der Waals surface area contributed by atoms with Crippen molar-refractivity contribution in [3.05, 3.63) is 65.2 Å². The molecule has 0 N–H and O–H groups in total. The highest BCUT2D eigenvalue weighted by atomic mass is 32.2. The van der Waals surface area contributed by atoms with Crippen molar-refractivity contribution in [2.45, 2.75) is 42.8 Å². The van der Waals surface area contributed by atoms with Crippen LogP contribution < -0.4 is 0 Å². The predicted molar refractivity (Wildman–Crippen MR) is 106 cm³/mol. The molecule has 1 saturated heterocycles. The van der Waals surface area contributed by atoms with Crippen LogP contribution in [0.25, 0.3) is 0 Å². The molecule has 1 nitrogen and oxygen atoms in total. The third kappa shape index (κ3) is 2.66. The van der Waals surface area contributed by atoms with Crippen LogP contribution in [0.3, 0.4) is 0 Å². The summed E-state index contributed by atoms with van der Waals surface area (Å²) in [5, 5.41) is 0. The number of fused-ring (bicyclic) bond motifs is 1. The van der Waals surface area contributed by atoms with Gasteiger partial charge in [-0.15, -0.1) is 10.5 Å². The van der Waals surface area contributed by atoms with Gasteiger partial charge in [0.25, 0.3) is 0 Å². The van der Waals surface area contributed by atoms with Crippen LogP contribution in [0.15, 0.2) is 53.4 Å². The van der Waals surface area contributed by atoms with Gasteiger partial charge in [-0.3, -0.25) is 0 Å². The number of hydrogen-bond acceptors (Lipinski definition) is 1. The molecule has 2 aliphatic heterocycles. The van der Waals surface area contributed by atoms with Crippen LogP contribution in [0.2, 0.25) is 0 Å². The van der Waals surface area contributed by atoms with Crippen LogP contribution in [0.1, 0.15) is 36.5 Å². The molecule has 0 amide bonds.